The predicted molar refractivity (Wildman–Crippen MR) is 44.1 cm³/mol. The highest BCUT2D eigenvalue weighted by Gasteiger charge is 2.26. The average molecular weight is 192 g/mol. The van der Waals surface area contributed by atoms with E-state index in [1.807, 2.05) is 0 Å². The molecule has 6 heteroatoms. The predicted octanol–water partition coefficient (Wildman–Crippen LogP) is -1.28. The van der Waals surface area contributed by atoms with Crippen molar-refractivity contribution in [2.75, 3.05) is 32.9 Å². The molecule has 1 saturated heterocycles. The normalized spacial score (nSPS) is 21.5. The highest BCUT2D eigenvalue weighted by atomic mass is 32.2. The molecule has 1 heterocycles. The van der Waals surface area contributed by atoms with Crippen LogP contribution in [0.5, 0.6) is 0 Å². The molecule has 0 radical (unpaired) electrons. The van der Waals surface area contributed by atoms with Crippen LogP contribution in [0.2, 0.25) is 0 Å². The van der Waals surface area contributed by atoms with Gasteiger partial charge in [0.1, 0.15) is 0 Å². The first-order valence-electron chi connectivity index (χ1n) is 3.60. The minimum Gasteiger partial charge on any atom is -0.343 e. The average Bonchev–Trinajstić information content (AvgIpc) is 1.92. The van der Waals surface area contributed by atoms with E-state index in [-0.39, 0.29) is 12.5 Å². The summed E-state index contributed by atoms with van der Waals surface area (Å²) in [6.45, 7) is 0.863. The molecule has 0 saturated carbocycles. The number of hydrogen-bond acceptors (Lipinski definition) is 3. The highest BCUT2D eigenvalue weighted by molar-refractivity contribution is 7.88. The molecule has 0 aliphatic carbocycles. The number of carbonyl (C=O) groups excluding carboxylic acids is 1. The van der Waals surface area contributed by atoms with Crippen LogP contribution in [0.1, 0.15) is 0 Å². The molecule has 0 spiro atoms. The third-order valence-electron chi connectivity index (χ3n) is 1.89. The molecule has 1 rings (SSSR count). The standard InChI is InChI=1S/C6H12N2O3S/c1-7-3-4-8(5-6(7)9)12(2,10)11/h3-5H2,1-2H3. The second-order valence-corrected chi connectivity index (χ2v) is 4.89. The summed E-state index contributed by atoms with van der Waals surface area (Å²) in [5.74, 6) is -0.147. The monoisotopic (exact) mass is 192 g/mol. The number of rotatable bonds is 1. The van der Waals surface area contributed by atoms with Crippen LogP contribution in [0.25, 0.3) is 0 Å². The number of amides is 1. The van der Waals surface area contributed by atoms with Gasteiger partial charge < -0.3 is 4.90 Å². The van der Waals surface area contributed by atoms with E-state index in [9.17, 15) is 13.2 Å². The summed E-state index contributed by atoms with van der Waals surface area (Å²) in [4.78, 5) is 12.6. The maximum Gasteiger partial charge on any atom is 0.237 e. The molecule has 1 aliphatic heterocycles. The molecule has 0 aromatic rings. The third kappa shape index (κ3) is 1.95. The Kier molecular flexibility index (Phi) is 2.39. The molecule has 1 amide bonds. The molecule has 0 aromatic carbocycles. The number of hydrogen-bond donors (Lipinski definition) is 0. The number of piperazine rings is 1. The van der Waals surface area contributed by atoms with Gasteiger partial charge in [-0.1, -0.05) is 0 Å². The molecule has 70 valence electrons. The SMILES string of the molecule is CN1CCN(S(C)(=O)=O)CC1=O. The van der Waals surface area contributed by atoms with Crippen molar-refractivity contribution in [1.82, 2.24) is 9.21 Å². The van der Waals surface area contributed by atoms with Crippen molar-refractivity contribution in [2.24, 2.45) is 0 Å². The zero-order valence-electron chi connectivity index (χ0n) is 7.15. The fraction of sp³-hybridized carbons (Fsp3) is 0.833. The summed E-state index contributed by atoms with van der Waals surface area (Å²) >= 11 is 0. The van der Waals surface area contributed by atoms with Gasteiger partial charge >= 0.3 is 0 Å². The van der Waals surface area contributed by atoms with Crippen molar-refractivity contribution in [3.05, 3.63) is 0 Å². The molecule has 0 atom stereocenters. The Morgan fingerprint density at radius 2 is 1.92 bits per heavy atom. The fourth-order valence-corrected chi connectivity index (χ4v) is 1.78. The Morgan fingerprint density at radius 3 is 2.33 bits per heavy atom. The maximum atomic E-state index is 11.1. The van der Waals surface area contributed by atoms with Crippen molar-refractivity contribution in [3.8, 4) is 0 Å². The van der Waals surface area contributed by atoms with Crippen LogP contribution in [-0.2, 0) is 14.8 Å². The number of likely N-dealkylation sites (N-methyl/N-ethyl adjacent to an activating group) is 1. The minimum absolute atomic E-state index is 0.0185. The lowest BCUT2D eigenvalue weighted by Gasteiger charge is -2.30. The van der Waals surface area contributed by atoms with Gasteiger partial charge in [0, 0.05) is 20.1 Å². The number of carbonyl (C=O) groups is 1. The van der Waals surface area contributed by atoms with Crippen LogP contribution in [0, 0.1) is 0 Å². The van der Waals surface area contributed by atoms with Gasteiger partial charge in [0.25, 0.3) is 0 Å². The van der Waals surface area contributed by atoms with Crippen molar-refractivity contribution in [1.29, 1.82) is 0 Å². The van der Waals surface area contributed by atoms with Crippen LogP contribution in [-0.4, -0.2) is 56.5 Å². The first-order chi connectivity index (χ1) is 5.41. The van der Waals surface area contributed by atoms with Crippen LogP contribution >= 0.6 is 0 Å². The summed E-state index contributed by atoms with van der Waals surface area (Å²) in [5.41, 5.74) is 0. The summed E-state index contributed by atoms with van der Waals surface area (Å²) in [6.07, 6.45) is 1.12. The highest BCUT2D eigenvalue weighted by Crippen LogP contribution is 2.04. The van der Waals surface area contributed by atoms with E-state index >= 15 is 0 Å². The summed E-state index contributed by atoms with van der Waals surface area (Å²) in [5, 5.41) is 0. The van der Waals surface area contributed by atoms with Gasteiger partial charge in [0.2, 0.25) is 15.9 Å². The summed E-state index contributed by atoms with van der Waals surface area (Å²) in [7, 11) is -1.53. The lowest BCUT2D eigenvalue weighted by Crippen LogP contribution is -2.50. The van der Waals surface area contributed by atoms with E-state index in [4.69, 9.17) is 0 Å². The van der Waals surface area contributed by atoms with Gasteiger partial charge in [-0.2, -0.15) is 4.31 Å². The Hall–Kier alpha value is -0.620. The molecule has 0 N–H and O–H groups in total. The molecular formula is C6H12N2O3S. The van der Waals surface area contributed by atoms with Gasteiger partial charge in [-0.25, -0.2) is 8.42 Å². The first-order valence-corrected chi connectivity index (χ1v) is 5.45. The Balaban J connectivity index is 2.70. The minimum atomic E-state index is -3.20. The molecule has 1 fully saturated rings. The van der Waals surface area contributed by atoms with Crippen molar-refractivity contribution in [3.63, 3.8) is 0 Å². The Morgan fingerprint density at radius 1 is 1.33 bits per heavy atom. The fourth-order valence-electron chi connectivity index (χ4n) is 1.02. The second kappa shape index (κ2) is 3.02. The molecular weight excluding hydrogens is 180 g/mol. The topological polar surface area (TPSA) is 57.7 Å². The number of nitrogens with zero attached hydrogens (tertiary/aromatic N) is 2. The van der Waals surface area contributed by atoms with Gasteiger partial charge in [-0.05, 0) is 0 Å². The largest absolute Gasteiger partial charge is 0.343 e. The van der Waals surface area contributed by atoms with Crippen LogP contribution in [0.15, 0.2) is 0 Å². The summed E-state index contributed by atoms with van der Waals surface area (Å²) < 4.78 is 23.2. The third-order valence-corrected chi connectivity index (χ3v) is 3.14. The second-order valence-electron chi connectivity index (χ2n) is 2.91. The zero-order valence-corrected chi connectivity index (χ0v) is 7.97. The molecule has 1 aliphatic rings. The van der Waals surface area contributed by atoms with E-state index in [2.05, 4.69) is 0 Å². The quantitative estimate of drug-likeness (QED) is 0.520. The maximum absolute atomic E-state index is 11.1. The lowest BCUT2D eigenvalue weighted by atomic mass is 10.4. The molecule has 12 heavy (non-hydrogen) atoms. The van der Waals surface area contributed by atoms with Crippen LogP contribution in [0.3, 0.4) is 0 Å². The van der Waals surface area contributed by atoms with E-state index in [1.54, 1.807) is 7.05 Å². The van der Waals surface area contributed by atoms with Gasteiger partial charge in [-0.3, -0.25) is 4.79 Å². The molecule has 0 aromatic heterocycles. The van der Waals surface area contributed by atoms with Crippen LogP contribution in [0.4, 0.5) is 0 Å². The van der Waals surface area contributed by atoms with E-state index in [0.29, 0.717) is 13.1 Å². The van der Waals surface area contributed by atoms with Crippen molar-refractivity contribution < 1.29 is 13.2 Å². The van der Waals surface area contributed by atoms with Gasteiger partial charge in [0.15, 0.2) is 0 Å². The first kappa shape index (κ1) is 9.47. The zero-order chi connectivity index (χ0) is 9.35. The van der Waals surface area contributed by atoms with Crippen LogP contribution < -0.4 is 0 Å². The van der Waals surface area contributed by atoms with Crippen molar-refractivity contribution >= 4 is 15.9 Å². The Labute approximate surface area is 72.0 Å². The molecule has 0 unspecified atom stereocenters. The smallest absolute Gasteiger partial charge is 0.237 e. The van der Waals surface area contributed by atoms with Gasteiger partial charge in [-0.15, -0.1) is 0 Å². The number of sulfonamides is 1. The van der Waals surface area contributed by atoms with E-state index in [1.165, 1.54) is 9.21 Å². The Bertz CT molecular complexity index is 285. The lowest BCUT2D eigenvalue weighted by molar-refractivity contribution is -0.132. The van der Waals surface area contributed by atoms with E-state index in [0.717, 1.165) is 6.26 Å². The molecule has 5 nitrogen and oxygen atoms in total. The van der Waals surface area contributed by atoms with Gasteiger partial charge in [0.05, 0.1) is 12.8 Å². The summed E-state index contributed by atoms with van der Waals surface area (Å²) in [6, 6.07) is 0. The molecule has 0 bridgehead atoms. The van der Waals surface area contributed by atoms with Crippen molar-refractivity contribution in [2.45, 2.75) is 0 Å². The van der Waals surface area contributed by atoms with E-state index < -0.39 is 10.0 Å².